The van der Waals surface area contributed by atoms with Crippen LogP contribution in [0.3, 0.4) is 0 Å². The molecule has 20 heavy (non-hydrogen) atoms. The van der Waals surface area contributed by atoms with E-state index in [1.54, 1.807) is 0 Å². The Labute approximate surface area is 121 Å². The number of hydrogen-bond acceptors (Lipinski definition) is 2. The summed E-state index contributed by atoms with van der Waals surface area (Å²) >= 11 is 0. The van der Waals surface area contributed by atoms with E-state index in [1.165, 1.54) is 11.1 Å². The van der Waals surface area contributed by atoms with Crippen LogP contribution in [0.4, 0.5) is 0 Å². The Balaban J connectivity index is 0.000000452. The molecule has 2 N–H and O–H groups in total. The van der Waals surface area contributed by atoms with E-state index < -0.39 is 5.60 Å². The molecule has 0 saturated carbocycles. The highest BCUT2D eigenvalue weighted by Crippen LogP contribution is 2.49. The lowest BCUT2D eigenvalue weighted by Gasteiger charge is -2.25. The third-order valence-electron chi connectivity index (χ3n) is 3.65. The van der Waals surface area contributed by atoms with Crippen LogP contribution in [0.2, 0.25) is 0 Å². The first-order valence-corrected chi connectivity index (χ1v) is 7.19. The van der Waals surface area contributed by atoms with Crippen molar-refractivity contribution in [3.05, 3.63) is 59.7 Å². The average molecular weight is 269 g/mol. The zero-order valence-electron chi connectivity index (χ0n) is 12.5. The second-order valence-corrected chi connectivity index (χ2v) is 5.20. The zero-order valence-corrected chi connectivity index (χ0v) is 12.5. The lowest BCUT2D eigenvalue weighted by atomic mass is 9.87. The SMILES string of the molecule is CCCC1(O)c2ccccc2-c2ccccc21.CNC. The Morgan fingerprint density at radius 2 is 1.30 bits per heavy atom. The van der Waals surface area contributed by atoms with Gasteiger partial charge in [0.25, 0.3) is 0 Å². The fourth-order valence-electron chi connectivity index (χ4n) is 2.93. The molecule has 0 radical (unpaired) electrons. The summed E-state index contributed by atoms with van der Waals surface area (Å²) in [5.41, 5.74) is 3.69. The summed E-state index contributed by atoms with van der Waals surface area (Å²) in [5.74, 6) is 0. The number of fused-ring (bicyclic) bond motifs is 3. The molecule has 0 fully saturated rings. The van der Waals surface area contributed by atoms with Gasteiger partial charge in [-0.25, -0.2) is 0 Å². The Kier molecular flexibility index (Phi) is 4.58. The van der Waals surface area contributed by atoms with Gasteiger partial charge in [0.05, 0.1) is 0 Å². The van der Waals surface area contributed by atoms with Crippen LogP contribution in [0.1, 0.15) is 30.9 Å². The molecule has 2 aromatic rings. The molecule has 106 valence electrons. The normalized spacial score (nSPS) is 14.0. The third-order valence-corrected chi connectivity index (χ3v) is 3.65. The lowest BCUT2D eigenvalue weighted by molar-refractivity contribution is 0.0750. The molecule has 0 unspecified atom stereocenters. The molecular formula is C18H23NO. The van der Waals surface area contributed by atoms with Crippen LogP contribution in [0.15, 0.2) is 48.5 Å². The molecule has 1 aliphatic carbocycles. The summed E-state index contributed by atoms with van der Waals surface area (Å²) < 4.78 is 0. The maximum atomic E-state index is 11.0. The number of nitrogens with one attached hydrogen (secondary N) is 1. The molecule has 0 atom stereocenters. The Morgan fingerprint density at radius 1 is 0.900 bits per heavy atom. The van der Waals surface area contributed by atoms with E-state index in [4.69, 9.17) is 0 Å². The molecule has 0 saturated heterocycles. The molecule has 2 nitrogen and oxygen atoms in total. The molecule has 0 spiro atoms. The van der Waals surface area contributed by atoms with Crippen molar-refractivity contribution in [2.45, 2.75) is 25.4 Å². The van der Waals surface area contributed by atoms with Crippen LogP contribution in [0.5, 0.6) is 0 Å². The number of aliphatic hydroxyl groups is 1. The summed E-state index contributed by atoms with van der Waals surface area (Å²) in [6.07, 6.45) is 1.75. The first-order chi connectivity index (χ1) is 9.69. The largest absolute Gasteiger partial charge is 0.380 e. The topological polar surface area (TPSA) is 32.3 Å². The molecule has 1 aliphatic rings. The molecule has 0 amide bonds. The first-order valence-electron chi connectivity index (χ1n) is 7.19. The molecule has 0 bridgehead atoms. The minimum absolute atomic E-state index is 0.779. The second-order valence-electron chi connectivity index (χ2n) is 5.20. The van der Waals surface area contributed by atoms with Gasteiger partial charge in [0, 0.05) is 0 Å². The number of rotatable bonds is 2. The highest BCUT2D eigenvalue weighted by molar-refractivity contribution is 5.79. The minimum atomic E-state index is -0.790. The van der Waals surface area contributed by atoms with Crippen molar-refractivity contribution < 1.29 is 5.11 Å². The van der Waals surface area contributed by atoms with Gasteiger partial charge in [-0.1, -0.05) is 61.9 Å². The standard InChI is InChI=1S/C16H16O.C2H7N/c1-2-11-16(17)14-9-5-3-7-12(14)13-8-4-6-10-15(13)16;1-3-2/h3-10,17H,2,11H2,1H3;3H,1-2H3. The average Bonchev–Trinajstić information content (AvgIpc) is 2.72. The zero-order chi connectivity index (χ0) is 14.6. The van der Waals surface area contributed by atoms with Crippen LogP contribution in [-0.4, -0.2) is 19.2 Å². The first kappa shape index (κ1) is 14.8. The second kappa shape index (κ2) is 6.21. The maximum Gasteiger partial charge on any atom is 0.116 e. The van der Waals surface area contributed by atoms with E-state index >= 15 is 0 Å². The van der Waals surface area contributed by atoms with Crippen LogP contribution >= 0.6 is 0 Å². The summed E-state index contributed by atoms with van der Waals surface area (Å²) in [6.45, 7) is 2.11. The molecular weight excluding hydrogens is 246 g/mol. The van der Waals surface area contributed by atoms with Crippen LogP contribution in [0, 0.1) is 0 Å². The van der Waals surface area contributed by atoms with Gasteiger partial charge in [-0.3, -0.25) is 0 Å². The predicted octanol–water partition coefficient (Wildman–Crippen LogP) is 3.54. The molecule has 0 heterocycles. The van der Waals surface area contributed by atoms with E-state index in [9.17, 15) is 5.11 Å². The van der Waals surface area contributed by atoms with E-state index in [0.717, 1.165) is 24.0 Å². The van der Waals surface area contributed by atoms with Crippen molar-refractivity contribution in [2.24, 2.45) is 0 Å². The Morgan fingerprint density at radius 3 is 1.70 bits per heavy atom. The van der Waals surface area contributed by atoms with Crippen molar-refractivity contribution in [3.8, 4) is 11.1 Å². The van der Waals surface area contributed by atoms with Gasteiger partial charge in [0.2, 0.25) is 0 Å². The van der Waals surface area contributed by atoms with Crippen molar-refractivity contribution in [2.75, 3.05) is 14.1 Å². The van der Waals surface area contributed by atoms with Crippen molar-refractivity contribution >= 4 is 0 Å². The van der Waals surface area contributed by atoms with Gasteiger partial charge in [0.1, 0.15) is 5.60 Å². The third kappa shape index (κ3) is 2.37. The van der Waals surface area contributed by atoms with Crippen molar-refractivity contribution in [1.29, 1.82) is 0 Å². The van der Waals surface area contributed by atoms with Crippen molar-refractivity contribution in [1.82, 2.24) is 5.32 Å². The summed E-state index contributed by atoms with van der Waals surface area (Å²) in [5, 5.41) is 13.7. The van der Waals surface area contributed by atoms with Gasteiger partial charge in [0.15, 0.2) is 0 Å². The summed E-state index contributed by atoms with van der Waals surface area (Å²) in [4.78, 5) is 0. The lowest BCUT2D eigenvalue weighted by Crippen LogP contribution is -2.23. The summed E-state index contributed by atoms with van der Waals surface area (Å²) in [7, 11) is 3.75. The molecule has 3 rings (SSSR count). The molecule has 2 aromatic carbocycles. The Hall–Kier alpha value is -1.64. The maximum absolute atomic E-state index is 11.0. The highest BCUT2D eigenvalue weighted by atomic mass is 16.3. The fraction of sp³-hybridized carbons (Fsp3) is 0.333. The van der Waals surface area contributed by atoms with Gasteiger partial charge >= 0.3 is 0 Å². The van der Waals surface area contributed by atoms with Crippen LogP contribution in [0.25, 0.3) is 11.1 Å². The number of benzene rings is 2. The molecule has 0 aliphatic heterocycles. The van der Waals surface area contributed by atoms with Gasteiger partial charge < -0.3 is 10.4 Å². The van der Waals surface area contributed by atoms with Gasteiger partial charge in [-0.05, 0) is 42.8 Å². The Bertz CT molecular complexity index is 532. The van der Waals surface area contributed by atoms with E-state index in [-0.39, 0.29) is 0 Å². The summed E-state index contributed by atoms with van der Waals surface area (Å²) in [6, 6.07) is 16.4. The van der Waals surface area contributed by atoms with Gasteiger partial charge in [-0.15, -0.1) is 0 Å². The van der Waals surface area contributed by atoms with Crippen LogP contribution in [-0.2, 0) is 5.60 Å². The fourth-order valence-corrected chi connectivity index (χ4v) is 2.93. The quantitative estimate of drug-likeness (QED) is 0.874. The van der Waals surface area contributed by atoms with Crippen molar-refractivity contribution in [3.63, 3.8) is 0 Å². The van der Waals surface area contributed by atoms with Crippen LogP contribution < -0.4 is 5.32 Å². The molecule has 2 heteroatoms. The number of hydrogen-bond donors (Lipinski definition) is 2. The minimum Gasteiger partial charge on any atom is -0.380 e. The molecule has 0 aromatic heterocycles. The monoisotopic (exact) mass is 269 g/mol. The highest BCUT2D eigenvalue weighted by Gasteiger charge is 2.40. The predicted molar refractivity (Wildman–Crippen MR) is 84.8 cm³/mol. The smallest absolute Gasteiger partial charge is 0.116 e. The van der Waals surface area contributed by atoms with E-state index in [0.29, 0.717) is 0 Å². The van der Waals surface area contributed by atoms with Gasteiger partial charge in [-0.2, -0.15) is 0 Å². The van der Waals surface area contributed by atoms with E-state index in [2.05, 4.69) is 24.4 Å². The van der Waals surface area contributed by atoms with E-state index in [1.807, 2.05) is 50.5 Å².